The Labute approximate surface area is 293 Å². The molecule has 4 rings (SSSR count). The Kier molecular flexibility index (Phi) is 12.8. The Morgan fingerprint density at radius 1 is 1.06 bits per heavy atom. The number of nitrogens with zero attached hydrogens (tertiary/aromatic N) is 3. The maximum atomic E-state index is 14.3. The van der Waals surface area contributed by atoms with E-state index in [9.17, 15) is 14.7 Å². The Hall–Kier alpha value is -1.63. The zero-order valence-electron chi connectivity index (χ0n) is 30.8. The fraction of sp³-hybridized carbons (Fsp3) is 0.784. The molecule has 8 atom stereocenters. The van der Waals surface area contributed by atoms with Crippen LogP contribution < -0.4 is 0 Å². The summed E-state index contributed by atoms with van der Waals surface area (Å²) in [5.41, 5.74) is -1.54. The second-order valence-electron chi connectivity index (χ2n) is 15.8. The number of cyclic esters (lactones) is 1. The number of hydrogen-bond acceptors (Lipinski definition) is 10. The summed E-state index contributed by atoms with van der Waals surface area (Å²) in [4.78, 5) is 34.9. The number of carbonyl (C=O) groups excluding carboxylic acids is 2. The third kappa shape index (κ3) is 8.62. The van der Waals surface area contributed by atoms with Crippen molar-refractivity contribution in [1.29, 1.82) is 0 Å². The number of halogens is 1. The van der Waals surface area contributed by atoms with Crippen molar-refractivity contribution in [3.63, 3.8) is 0 Å². The summed E-state index contributed by atoms with van der Waals surface area (Å²) in [6.07, 6.45) is -0.00942. The van der Waals surface area contributed by atoms with Crippen LogP contribution in [-0.4, -0.2) is 128 Å². The molecular weight excluding hydrogens is 634 g/mol. The minimum atomic E-state index is -1.43. The summed E-state index contributed by atoms with van der Waals surface area (Å²) in [6.45, 7) is 14.6. The number of likely N-dealkylation sites (N-methyl/N-ethyl adjacent to an activating group) is 2. The van der Waals surface area contributed by atoms with Crippen LogP contribution in [0.15, 0.2) is 24.3 Å². The van der Waals surface area contributed by atoms with Gasteiger partial charge >= 0.3 is 5.97 Å². The molecule has 1 spiro atoms. The van der Waals surface area contributed by atoms with Crippen molar-refractivity contribution in [1.82, 2.24) is 14.7 Å². The maximum Gasteiger partial charge on any atom is 0.319 e. The number of ketones is 1. The van der Waals surface area contributed by atoms with E-state index >= 15 is 0 Å². The Bertz CT molecular complexity index is 1240. The fourth-order valence-corrected chi connectivity index (χ4v) is 8.25. The summed E-state index contributed by atoms with van der Waals surface area (Å²) >= 11 is 6.11. The van der Waals surface area contributed by atoms with Crippen LogP contribution in [0.25, 0.3) is 0 Å². The molecular formula is C37H60ClN3O7. The zero-order chi connectivity index (χ0) is 35.6. The summed E-state index contributed by atoms with van der Waals surface area (Å²) in [5.74, 6) is -1.47. The summed E-state index contributed by atoms with van der Waals surface area (Å²) in [5, 5.41) is 12.1. The number of carbonyl (C=O) groups is 2. The molecule has 3 aliphatic rings. The zero-order valence-corrected chi connectivity index (χ0v) is 31.6. The predicted molar refractivity (Wildman–Crippen MR) is 187 cm³/mol. The van der Waals surface area contributed by atoms with Gasteiger partial charge < -0.3 is 29.0 Å². The van der Waals surface area contributed by atoms with Crippen LogP contribution in [0, 0.1) is 17.3 Å². The van der Waals surface area contributed by atoms with Gasteiger partial charge in [0.1, 0.15) is 18.1 Å². The number of benzene rings is 1. The van der Waals surface area contributed by atoms with Crippen LogP contribution in [0.3, 0.4) is 0 Å². The van der Waals surface area contributed by atoms with Gasteiger partial charge in [-0.1, -0.05) is 37.6 Å². The molecule has 1 N–H and O–H groups in total. The molecule has 3 heterocycles. The number of likely N-dealkylation sites (tertiary alicyclic amines) is 1. The van der Waals surface area contributed by atoms with Crippen LogP contribution in [0.2, 0.25) is 5.02 Å². The third-order valence-electron chi connectivity index (χ3n) is 11.3. The van der Waals surface area contributed by atoms with Crippen molar-refractivity contribution in [3.8, 4) is 0 Å². The number of Topliss-reactive ketones (excluding diaryl/α,β-unsaturated/α-hetero) is 1. The lowest BCUT2D eigenvalue weighted by Gasteiger charge is -2.48. The van der Waals surface area contributed by atoms with Gasteiger partial charge in [-0.15, -0.1) is 0 Å². The number of rotatable bonds is 6. The highest BCUT2D eigenvalue weighted by atomic mass is 35.5. The van der Waals surface area contributed by atoms with E-state index in [2.05, 4.69) is 35.9 Å². The van der Waals surface area contributed by atoms with Crippen LogP contribution in [0.5, 0.6) is 0 Å². The number of hydrogen-bond donors (Lipinski definition) is 1. The first-order chi connectivity index (χ1) is 22.4. The fourth-order valence-electron chi connectivity index (χ4n) is 8.12. The lowest BCUT2D eigenvalue weighted by molar-refractivity contribution is -0.295. The first kappa shape index (κ1) is 39.2. The normalized spacial score (nSPS) is 35.9. The molecule has 10 nitrogen and oxygen atoms in total. The highest BCUT2D eigenvalue weighted by molar-refractivity contribution is 6.30. The van der Waals surface area contributed by atoms with E-state index in [4.69, 9.17) is 30.5 Å². The molecule has 272 valence electrons. The van der Waals surface area contributed by atoms with Gasteiger partial charge in [-0.3, -0.25) is 19.4 Å². The van der Waals surface area contributed by atoms with Gasteiger partial charge in [0, 0.05) is 50.3 Å². The van der Waals surface area contributed by atoms with E-state index in [1.165, 1.54) is 5.56 Å². The monoisotopic (exact) mass is 693 g/mol. The molecule has 0 bridgehead atoms. The van der Waals surface area contributed by atoms with Gasteiger partial charge in [-0.05, 0) is 98.1 Å². The standard InChI is InChI=1S/C37H60ClN3O7/c1-24-20-36(6,45-10)32(48-33-30(42)29(39(7)8)19-25(2)47-33)26(3)31(43)35(4,5)34(44)46-23-37(40(9)21-24)15-17-41(18-16-37)22-27-11-13-28(38)14-12-27/h11-14,24-26,29-30,32-33,42H,15-23H2,1-10H3/t24-,25-,26+,29+,30-,32-,33+,36-/m1/s1. The molecule has 0 aromatic heterocycles. The van der Waals surface area contributed by atoms with Gasteiger partial charge in [0.25, 0.3) is 0 Å². The quantitative estimate of drug-likeness (QED) is 0.335. The number of ether oxygens (including phenoxy) is 4. The van der Waals surface area contributed by atoms with Crippen molar-refractivity contribution < 1.29 is 33.6 Å². The summed E-state index contributed by atoms with van der Waals surface area (Å²) in [6, 6.07) is 7.79. The van der Waals surface area contributed by atoms with Crippen LogP contribution in [-0.2, 0) is 35.1 Å². The van der Waals surface area contributed by atoms with Crippen LogP contribution >= 0.6 is 11.6 Å². The minimum absolute atomic E-state index is 0.132. The van der Waals surface area contributed by atoms with Gasteiger partial charge in [-0.2, -0.15) is 0 Å². The molecule has 11 heteroatoms. The van der Waals surface area contributed by atoms with Crippen LogP contribution in [0.4, 0.5) is 0 Å². The number of aliphatic hydroxyl groups is 1. The van der Waals surface area contributed by atoms with E-state index in [-0.39, 0.29) is 36.0 Å². The van der Waals surface area contributed by atoms with Crippen LogP contribution in [0.1, 0.15) is 72.8 Å². The maximum absolute atomic E-state index is 14.3. The van der Waals surface area contributed by atoms with E-state index in [1.807, 2.05) is 45.0 Å². The molecule has 0 amide bonds. The number of aliphatic hydroxyl groups excluding tert-OH is 1. The van der Waals surface area contributed by atoms with Gasteiger partial charge in [0.2, 0.25) is 0 Å². The minimum Gasteiger partial charge on any atom is -0.463 e. The first-order valence-electron chi connectivity index (χ1n) is 17.5. The average Bonchev–Trinajstić information content (AvgIpc) is 3.04. The molecule has 3 saturated heterocycles. The van der Waals surface area contributed by atoms with E-state index in [0.29, 0.717) is 12.8 Å². The second-order valence-corrected chi connectivity index (χ2v) is 16.3. The van der Waals surface area contributed by atoms with Crippen molar-refractivity contribution in [2.75, 3.05) is 54.5 Å². The SMILES string of the molecule is CO[C@]1(C)C[C@@H](C)CN(C)C2(CCN(Cc3ccc(Cl)cc3)CC2)COC(=O)C(C)(C)C(=O)[C@H](C)[C@H]1O[C@@H]1O[C@H](C)C[C@H](N(C)C)[C@H]1O. The Balaban J connectivity index is 1.62. The highest BCUT2D eigenvalue weighted by Gasteiger charge is 2.52. The Morgan fingerprint density at radius 3 is 2.27 bits per heavy atom. The topological polar surface area (TPSA) is 101 Å². The van der Waals surface area contributed by atoms with E-state index in [1.54, 1.807) is 27.9 Å². The molecule has 3 aliphatic heterocycles. The smallest absolute Gasteiger partial charge is 0.319 e. The first-order valence-corrected chi connectivity index (χ1v) is 17.9. The molecule has 0 unspecified atom stereocenters. The van der Waals surface area contributed by atoms with Crippen molar-refractivity contribution in [3.05, 3.63) is 34.9 Å². The molecule has 3 fully saturated rings. The van der Waals surface area contributed by atoms with Crippen molar-refractivity contribution in [2.24, 2.45) is 17.3 Å². The lowest BCUT2D eigenvalue weighted by Crippen LogP contribution is -2.59. The van der Waals surface area contributed by atoms with Crippen molar-refractivity contribution >= 4 is 23.4 Å². The number of methoxy groups -OCH3 is 1. The van der Waals surface area contributed by atoms with Gasteiger partial charge in [0.15, 0.2) is 12.1 Å². The molecule has 1 aromatic carbocycles. The lowest BCUT2D eigenvalue weighted by atomic mass is 9.74. The van der Waals surface area contributed by atoms with Crippen molar-refractivity contribution in [2.45, 2.75) is 116 Å². The third-order valence-corrected chi connectivity index (χ3v) is 11.6. The molecule has 0 saturated carbocycles. The number of piperidine rings is 1. The van der Waals surface area contributed by atoms with Gasteiger partial charge in [0.05, 0.1) is 23.3 Å². The summed E-state index contributed by atoms with van der Waals surface area (Å²) in [7, 11) is 7.61. The Morgan fingerprint density at radius 2 is 1.69 bits per heavy atom. The van der Waals surface area contributed by atoms with E-state index < -0.39 is 41.4 Å². The second kappa shape index (κ2) is 15.7. The molecule has 1 aromatic rings. The predicted octanol–water partition coefficient (Wildman–Crippen LogP) is 4.64. The highest BCUT2D eigenvalue weighted by Crippen LogP contribution is 2.40. The molecule has 0 aliphatic carbocycles. The average molecular weight is 694 g/mol. The number of esters is 1. The molecule has 48 heavy (non-hydrogen) atoms. The molecule has 0 radical (unpaired) electrons. The largest absolute Gasteiger partial charge is 0.463 e. The van der Waals surface area contributed by atoms with E-state index in [0.717, 1.165) is 44.0 Å². The summed E-state index contributed by atoms with van der Waals surface area (Å²) < 4.78 is 25.2. The van der Waals surface area contributed by atoms with Gasteiger partial charge in [-0.25, -0.2) is 0 Å².